The van der Waals surface area contributed by atoms with E-state index >= 15 is 0 Å². The molecule has 2 aliphatic rings. The summed E-state index contributed by atoms with van der Waals surface area (Å²) in [5.41, 5.74) is 0.988. The maximum atomic E-state index is 13.0. The van der Waals surface area contributed by atoms with Gasteiger partial charge in [0.1, 0.15) is 15.9 Å². The lowest BCUT2D eigenvalue weighted by Gasteiger charge is -2.38. The number of morpholine rings is 1. The Hall–Kier alpha value is -1.82. The molecule has 3 heterocycles. The van der Waals surface area contributed by atoms with Crippen LogP contribution in [-0.2, 0) is 14.8 Å². The van der Waals surface area contributed by atoms with Gasteiger partial charge in [0.2, 0.25) is 10.0 Å². The number of sulfonamides is 1. The highest BCUT2D eigenvalue weighted by atomic mass is 32.2. The Labute approximate surface area is 155 Å². The Bertz CT molecular complexity index is 902. The Kier molecular flexibility index (Phi) is 4.78. The van der Waals surface area contributed by atoms with Gasteiger partial charge in [-0.15, -0.1) is 0 Å². The van der Waals surface area contributed by atoms with E-state index in [1.165, 1.54) is 4.31 Å². The second-order valence-corrected chi connectivity index (χ2v) is 8.60. The maximum Gasteiger partial charge on any atom is 0.320 e. The Morgan fingerprint density at radius 2 is 1.69 bits per heavy atom. The predicted molar refractivity (Wildman–Crippen MR) is 95.5 cm³/mol. The van der Waals surface area contributed by atoms with Crippen LogP contribution in [0.4, 0.5) is 4.79 Å². The van der Waals surface area contributed by atoms with E-state index < -0.39 is 10.0 Å². The summed E-state index contributed by atoms with van der Waals surface area (Å²) < 4.78 is 40.9. The third kappa shape index (κ3) is 3.15. The molecule has 0 saturated carbocycles. The molecule has 26 heavy (non-hydrogen) atoms. The molecule has 9 nitrogen and oxygen atoms in total. The van der Waals surface area contributed by atoms with Gasteiger partial charge in [0.25, 0.3) is 0 Å². The molecule has 2 aliphatic heterocycles. The number of nitrogens with zero attached hydrogens (tertiary/aromatic N) is 5. The molecular weight excluding hydrogens is 378 g/mol. The van der Waals surface area contributed by atoms with Crippen LogP contribution in [-0.4, -0.2) is 89.8 Å². The number of fused-ring (bicyclic) bond motifs is 1. The Morgan fingerprint density at radius 1 is 1.00 bits per heavy atom. The zero-order valence-electron chi connectivity index (χ0n) is 14.1. The highest BCUT2D eigenvalue weighted by molar-refractivity contribution is 7.89. The second-order valence-electron chi connectivity index (χ2n) is 6.16. The lowest BCUT2D eigenvalue weighted by Crippen LogP contribution is -2.55. The van der Waals surface area contributed by atoms with Gasteiger partial charge >= 0.3 is 6.03 Å². The molecule has 4 rings (SSSR count). The summed E-state index contributed by atoms with van der Waals surface area (Å²) in [7, 11) is -3.67. The van der Waals surface area contributed by atoms with Crippen molar-refractivity contribution in [1.82, 2.24) is 22.9 Å². The van der Waals surface area contributed by atoms with Gasteiger partial charge < -0.3 is 14.5 Å². The third-order valence-electron chi connectivity index (χ3n) is 4.66. The largest absolute Gasteiger partial charge is 0.378 e. The van der Waals surface area contributed by atoms with Gasteiger partial charge in [-0.1, -0.05) is 6.07 Å². The molecule has 11 heteroatoms. The fourth-order valence-corrected chi connectivity index (χ4v) is 5.38. The van der Waals surface area contributed by atoms with Gasteiger partial charge in [-0.2, -0.15) is 13.1 Å². The van der Waals surface area contributed by atoms with Crippen LogP contribution in [0.1, 0.15) is 0 Å². The van der Waals surface area contributed by atoms with Crippen molar-refractivity contribution in [3.8, 4) is 0 Å². The number of carbonyl (C=O) groups excluding carboxylic acids is 1. The van der Waals surface area contributed by atoms with Gasteiger partial charge in [0, 0.05) is 39.3 Å². The minimum atomic E-state index is -3.67. The van der Waals surface area contributed by atoms with Crippen molar-refractivity contribution in [2.24, 2.45) is 0 Å². The van der Waals surface area contributed by atoms with Crippen molar-refractivity contribution in [2.45, 2.75) is 4.90 Å². The Balaban J connectivity index is 1.47. The smallest absolute Gasteiger partial charge is 0.320 e. The zero-order chi connectivity index (χ0) is 18.1. The number of ether oxygens (including phenoxy) is 1. The number of amides is 2. The van der Waals surface area contributed by atoms with Crippen LogP contribution in [0.3, 0.4) is 0 Å². The third-order valence-corrected chi connectivity index (χ3v) is 7.13. The number of carbonyl (C=O) groups is 1. The molecule has 0 bridgehead atoms. The number of hydrogen-bond acceptors (Lipinski definition) is 7. The monoisotopic (exact) mass is 397 g/mol. The van der Waals surface area contributed by atoms with Crippen molar-refractivity contribution < 1.29 is 17.9 Å². The SMILES string of the molecule is O=C(N1CCOCC1)N1CCN(S(=O)(=O)c2cccc3nsnc23)CC1. The van der Waals surface area contributed by atoms with Crippen molar-refractivity contribution in [1.29, 1.82) is 0 Å². The highest BCUT2D eigenvalue weighted by Gasteiger charge is 2.33. The maximum absolute atomic E-state index is 13.0. The molecule has 1 aromatic heterocycles. The van der Waals surface area contributed by atoms with E-state index in [-0.39, 0.29) is 24.0 Å². The van der Waals surface area contributed by atoms with E-state index in [0.717, 1.165) is 11.7 Å². The van der Waals surface area contributed by atoms with E-state index in [9.17, 15) is 13.2 Å². The van der Waals surface area contributed by atoms with Gasteiger partial charge in [-0.3, -0.25) is 0 Å². The highest BCUT2D eigenvalue weighted by Crippen LogP contribution is 2.25. The van der Waals surface area contributed by atoms with Crippen molar-refractivity contribution in [3.05, 3.63) is 18.2 Å². The topological polar surface area (TPSA) is 95.9 Å². The number of piperazine rings is 1. The minimum Gasteiger partial charge on any atom is -0.378 e. The summed E-state index contributed by atoms with van der Waals surface area (Å²) in [6.45, 7) is 3.55. The first kappa shape index (κ1) is 17.6. The van der Waals surface area contributed by atoms with Crippen molar-refractivity contribution >= 4 is 38.8 Å². The predicted octanol–water partition coefficient (Wildman–Crippen LogP) is 0.450. The van der Waals surface area contributed by atoms with E-state index in [4.69, 9.17) is 4.74 Å². The lowest BCUT2D eigenvalue weighted by molar-refractivity contribution is 0.0405. The molecule has 0 unspecified atom stereocenters. The van der Waals surface area contributed by atoms with Gasteiger partial charge in [0.15, 0.2) is 0 Å². The number of benzene rings is 1. The van der Waals surface area contributed by atoms with Crippen LogP contribution >= 0.6 is 11.7 Å². The van der Waals surface area contributed by atoms with E-state index in [2.05, 4.69) is 8.75 Å². The molecule has 0 aliphatic carbocycles. The quantitative estimate of drug-likeness (QED) is 0.730. The molecule has 1 aromatic carbocycles. The summed E-state index contributed by atoms with van der Waals surface area (Å²) in [5, 5.41) is 0. The zero-order valence-corrected chi connectivity index (χ0v) is 15.7. The van der Waals surface area contributed by atoms with Crippen LogP contribution in [0.25, 0.3) is 11.0 Å². The molecule has 0 spiro atoms. The summed E-state index contributed by atoms with van der Waals surface area (Å²) in [6, 6.07) is 4.94. The minimum absolute atomic E-state index is 0.0452. The van der Waals surface area contributed by atoms with Gasteiger partial charge in [0.05, 0.1) is 24.9 Å². The first-order valence-electron chi connectivity index (χ1n) is 8.40. The first-order valence-corrected chi connectivity index (χ1v) is 10.6. The summed E-state index contributed by atoms with van der Waals surface area (Å²) >= 11 is 0.998. The van der Waals surface area contributed by atoms with Crippen LogP contribution in [0.15, 0.2) is 23.1 Å². The fraction of sp³-hybridized carbons (Fsp3) is 0.533. The van der Waals surface area contributed by atoms with Crippen LogP contribution in [0.5, 0.6) is 0 Å². The van der Waals surface area contributed by atoms with Gasteiger partial charge in [-0.05, 0) is 12.1 Å². The average molecular weight is 397 g/mol. The van der Waals surface area contributed by atoms with E-state index in [1.807, 2.05) is 0 Å². The summed E-state index contributed by atoms with van der Waals surface area (Å²) in [5.74, 6) is 0. The van der Waals surface area contributed by atoms with E-state index in [0.29, 0.717) is 50.4 Å². The van der Waals surface area contributed by atoms with Crippen LogP contribution in [0.2, 0.25) is 0 Å². The summed E-state index contributed by atoms with van der Waals surface area (Å²) in [4.78, 5) is 16.2. The van der Waals surface area contributed by atoms with Crippen LogP contribution < -0.4 is 0 Å². The van der Waals surface area contributed by atoms with Crippen molar-refractivity contribution in [2.75, 3.05) is 52.5 Å². The molecular formula is C15H19N5O4S2. The van der Waals surface area contributed by atoms with Crippen molar-refractivity contribution in [3.63, 3.8) is 0 Å². The lowest BCUT2D eigenvalue weighted by atomic mass is 10.3. The second kappa shape index (κ2) is 7.06. The molecule has 2 fully saturated rings. The summed E-state index contributed by atoms with van der Waals surface area (Å²) in [6.07, 6.45) is 0. The number of urea groups is 1. The number of rotatable bonds is 2. The average Bonchev–Trinajstić information content (AvgIpc) is 3.17. The van der Waals surface area contributed by atoms with Crippen LogP contribution in [0, 0.1) is 0 Å². The molecule has 0 N–H and O–H groups in total. The Morgan fingerprint density at radius 3 is 2.42 bits per heavy atom. The molecule has 140 valence electrons. The number of hydrogen-bond donors (Lipinski definition) is 0. The fourth-order valence-electron chi connectivity index (χ4n) is 3.20. The molecule has 0 atom stereocenters. The number of aromatic nitrogens is 2. The molecule has 2 amide bonds. The van der Waals surface area contributed by atoms with E-state index in [1.54, 1.807) is 28.0 Å². The normalized spacial score (nSPS) is 19.8. The molecule has 2 saturated heterocycles. The first-order chi connectivity index (χ1) is 12.6. The molecule has 0 radical (unpaired) electrons. The standard InChI is InChI=1S/C15H19N5O4S2/c21-15(19-8-10-24-11-9-19)18-4-6-20(7-5-18)26(22,23)13-3-1-2-12-14(13)17-25-16-12/h1-3H,4-11H2. The molecule has 2 aromatic rings. The van der Waals surface area contributed by atoms with Gasteiger partial charge in [-0.25, -0.2) is 13.2 Å².